The second-order valence-electron chi connectivity index (χ2n) is 4.19. The van der Waals surface area contributed by atoms with Gasteiger partial charge in [0.1, 0.15) is 5.75 Å². The Morgan fingerprint density at radius 3 is 2.43 bits per heavy atom. The fourth-order valence-corrected chi connectivity index (χ4v) is 1.95. The van der Waals surface area contributed by atoms with Gasteiger partial charge in [0.05, 0.1) is 19.2 Å². The van der Waals surface area contributed by atoms with Crippen LogP contribution in [-0.2, 0) is 0 Å². The van der Waals surface area contributed by atoms with Gasteiger partial charge >= 0.3 is 0 Å². The van der Waals surface area contributed by atoms with Crippen molar-refractivity contribution in [2.75, 3.05) is 19.5 Å². The third kappa shape index (κ3) is 3.38. The summed E-state index contributed by atoms with van der Waals surface area (Å²) in [5.74, 6) is 0.672. The van der Waals surface area contributed by atoms with E-state index < -0.39 is 0 Å². The first-order valence-corrected chi connectivity index (χ1v) is 6.45. The lowest BCUT2D eigenvalue weighted by molar-refractivity contribution is 0.102. The summed E-state index contributed by atoms with van der Waals surface area (Å²) in [6.07, 6.45) is 0. The number of amides is 1. The van der Waals surface area contributed by atoms with Crippen molar-refractivity contribution in [3.8, 4) is 17.2 Å². The first-order chi connectivity index (χ1) is 10.0. The molecule has 0 radical (unpaired) electrons. The highest BCUT2D eigenvalue weighted by atomic mass is 35.5. The van der Waals surface area contributed by atoms with Crippen LogP contribution in [0.5, 0.6) is 17.2 Å². The predicted octanol–water partition coefficient (Wildman–Crippen LogP) is 3.32. The number of ether oxygens (including phenoxy) is 2. The number of hydrogen-bond acceptors (Lipinski definition) is 4. The lowest BCUT2D eigenvalue weighted by atomic mass is 10.2. The van der Waals surface area contributed by atoms with Crippen LogP contribution in [0.4, 0.5) is 5.69 Å². The minimum atomic E-state index is -0.343. The van der Waals surface area contributed by atoms with E-state index in [2.05, 4.69) is 5.32 Å². The van der Waals surface area contributed by atoms with Gasteiger partial charge in [-0.05, 0) is 30.3 Å². The van der Waals surface area contributed by atoms with Crippen molar-refractivity contribution in [2.24, 2.45) is 0 Å². The average Bonchev–Trinajstić information content (AvgIpc) is 2.49. The van der Waals surface area contributed by atoms with Crippen LogP contribution in [0.15, 0.2) is 36.4 Å². The quantitative estimate of drug-likeness (QED) is 0.909. The normalized spacial score (nSPS) is 10.0. The Kier molecular flexibility index (Phi) is 4.55. The number of methoxy groups -OCH3 is 2. The van der Waals surface area contributed by atoms with Crippen LogP contribution in [-0.4, -0.2) is 25.2 Å². The standard InChI is InChI=1S/C15H14ClNO4/c1-20-13-6-4-10(8-14(13)21-2)17-15(19)9-3-5-12(18)11(16)7-9/h3-8,18H,1-2H3,(H,17,19). The molecule has 110 valence electrons. The molecule has 21 heavy (non-hydrogen) atoms. The molecule has 2 rings (SSSR count). The summed E-state index contributed by atoms with van der Waals surface area (Å²) >= 11 is 5.78. The van der Waals surface area contributed by atoms with Crippen molar-refractivity contribution in [3.05, 3.63) is 47.0 Å². The molecule has 0 aliphatic rings. The molecule has 6 heteroatoms. The maximum absolute atomic E-state index is 12.1. The Morgan fingerprint density at radius 1 is 1.10 bits per heavy atom. The van der Waals surface area contributed by atoms with E-state index in [4.69, 9.17) is 21.1 Å². The number of aromatic hydroxyl groups is 1. The van der Waals surface area contributed by atoms with Gasteiger partial charge < -0.3 is 19.9 Å². The van der Waals surface area contributed by atoms with Gasteiger partial charge in [0, 0.05) is 17.3 Å². The van der Waals surface area contributed by atoms with Gasteiger partial charge in [0.2, 0.25) is 0 Å². The molecule has 0 aromatic heterocycles. The van der Waals surface area contributed by atoms with Gasteiger partial charge in [-0.1, -0.05) is 11.6 Å². The molecule has 0 fully saturated rings. The van der Waals surface area contributed by atoms with Gasteiger partial charge in [-0.2, -0.15) is 0 Å². The van der Waals surface area contributed by atoms with Crippen molar-refractivity contribution >= 4 is 23.2 Å². The molecule has 0 unspecified atom stereocenters. The van der Waals surface area contributed by atoms with Crippen molar-refractivity contribution < 1.29 is 19.4 Å². The van der Waals surface area contributed by atoms with Crippen LogP contribution in [0, 0.1) is 0 Å². The molecule has 0 saturated heterocycles. The Morgan fingerprint density at radius 2 is 1.81 bits per heavy atom. The summed E-state index contributed by atoms with van der Waals surface area (Å²) in [4.78, 5) is 12.1. The number of carbonyl (C=O) groups is 1. The van der Waals surface area contributed by atoms with Crippen molar-refractivity contribution in [2.45, 2.75) is 0 Å². The monoisotopic (exact) mass is 307 g/mol. The van der Waals surface area contributed by atoms with E-state index in [0.29, 0.717) is 22.7 Å². The molecule has 0 aliphatic heterocycles. The third-order valence-corrected chi connectivity index (χ3v) is 3.15. The fraction of sp³-hybridized carbons (Fsp3) is 0.133. The van der Waals surface area contributed by atoms with Crippen LogP contribution < -0.4 is 14.8 Å². The number of phenols is 1. The fourth-order valence-electron chi connectivity index (χ4n) is 1.77. The Balaban J connectivity index is 2.21. The molecule has 5 nitrogen and oxygen atoms in total. The molecule has 2 aromatic carbocycles. The van der Waals surface area contributed by atoms with Gasteiger partial charge in [0.15, 0.2) is 11.5 Å². The van der Waals surface area contributed by atoms with Gasteiger partial charge in [0.25, 0.3) is 5.91 Å². The molecular formula is C15H14ClNO4. The molecule has 0 spiro atoms. The second kappa shape index (κ2) is 6.37. The number of hydrogen-bond donors (Lipinski definition) is 2. The zero-order valence-electron chi connectivity index (χ0n) is 11.5. The first-order valence-electron chi connectivity index (χ1n) is 6.07. The summed E-state index contributed by atoms with van der Waals surface area (Å²) in [6.45, 7) is 0. The maximum Gasteiger partial charge on any atom is 0.255 e. The summed E-state index contributed by atoms with van der Waals surface area (Å²) in [5, 5.41) is 12.2. The topological polar surface area (TPSA) is 67.8 Å². The van der Waals surface area contributed by atoms with Crippen LogP contribution >= 0.6 is 11.6 Å². The van der Waals surface area contributed by atoms with E-state index in [1.807, 2.05) is 0 Å². The number of benzene rings is 2. The summed E-state index contributed by atoms with van der Waals surface area (Å²) in [6, 6.07) is 9.29. The minimum Gasteiger partial charge on any atom is -0.506 e. The summed E-state index contributed by atoms with van der Waals surface area (Å²) in [7, 11) is 3.05. The van der Waals surface area contributed by atoms with Crippen molar-refractivity contribution in [3.63, 3.8) is 0 Å². The second-order valence-corrected chi connectivity index (χ2v) is 4.60. The zero-order chi connectivity index (χ0) is 15.4. The summed E-state index contributed by atoms with van der Waals surface area (Å²) < 4.78 is 10.3. The molecule has 1 amide bonds. The lowest BCUT2D eigenvalue weighted by Crippen LogP contribution is -2.11. The highest BCUT2D eigenvalue weighted by Crippen LogP contribution is 2.30. The van der Waals surface area contributed by atoms with Crippen LogP contribution in [0.3, 0.4) is 0 Å². The first kappa shape index (κ1) is 15.0. The SMILES string of the molecule is COc1ccc(NC(=O)c2ccc(O)c(Cl)c2)cc1OC. The van der Waals surface area contributed by atoms with Crippen LogP contribution in [0.25, 0.3) is 0 Å². The van der Waals surface area contributed by atoms with E-state index in [1.165, 1.54) is 32.4 Å². The number of anilines is 1. The Hall–Kier alpha value is -2.40. The number of halogens is 1. The lowest BCUT2D eigenvalue weighted by Gasteiger charge is -2.11. The third-order valence-electron chi connectivity index (χ3n) is 2.85. The molecule has 2 aromatic rings. The van der Waals surface area contributed by atoms with E-state index >= 15 is 0 Å². The summed E-state index contributed by atoms with van der Waals surface area (Å²) in [5.41, 5.74) is 0.898. The van der Waals surface area contributed by atoms with E-state index in [-0.39, 0.29) is 16.7 Å². The van der Waals surface area contributed by atoms with Gasteiger partial charge in [-0.25, -0.2) is 0 Å². The zero-order valence-corrected chi connectivity index (χ0v) is 12.3. The minimum absolute atomic E-state index is 0.0701. The molecule has 0 saturated carbocycles. The Labute approximate surface area is 127 Å². The van der Waals surface area contributed by atoms with Crippen molar-refractivity contribution in [1.82, 2.24) is 0 Å². The predicted molar refractivity (Wildman–Crippen MR) is 80.6 cm³/mol. The molecule has 0 heterocycles. The number of nitrogens with one attached hydrogen (secondary N) is 1. The van der Waals surface area contributed by atoms with E-state index in [1.54, 1.807) is 18.2 Å². The highest BCUT2D eigenvalue weighted by Gasteiger charge is 2.10. The smallest absolute Gasteiger partial charge is 0.255 e. The van der Waals surface area contributed by atoms with Crippen molar-refractivity contribution in [1.29, 1.82) is 0 Å². The molecule has 0 aliphatic carbocycles. The Bertz CT molecular complexity index is 673. The molecule has 0 bridgehead atoms. The molecular weight excluding hydrogens is 294 g/mol. The highest BCUT2D eigenvalue weighted by molar-refractivity contribution is 6.32. The molecule has 2 N–H and O–H groups in total. The average molecular weight is 308 g/mol. The number of rotatable bonds is 4. The van der Waals surface area contributed by atoms with Crippen LogP contribution in [0.1, 0.15) is 10.4 Å². The van der Waals surface area contributed by atoms with E-state index in [0.717, 1.165) is 0 Å². The van der Waals surface area contributed by atoms with Gasteiger partial charge in [-0.3, -0.25) is 4.79 Å². The largest absolute Gasteiger partial charge is 0.506 e. The maximum atomic E-state index is 12.1. The molecule has 0 atom stereocenters. The number of phenolic OH excluding ortho intramolecular Hbond substituents is 1. The number of carbonyl (C=O) groups excluding carboxylic acids is 1. The van der Waals surface area contributed by atoms with Gasteiger partial charge in [-0.15, -0.1) is 0 Å². The van der Waals surface area contributed by atoms with Crippen LogP contribution in [0.2, 0.25) is 5.02 Å². The van der Waals surface area contributed by atoms with E-state index in [9.17, 15) is 9.90 Å².